The van der Waals surface area contributed by atoms with Crippen LogP contribution in [0.1, 0.15) is 24.8 Å². The Labute approximate surface area is 129 Å². The number of thioether (sulfide) groups is 1. The molecule has 2 unspecified atom stereocenters. The number of benzene rings is 1. The molecule has 2 aliphatic rings. The summed E-state index contributed by atoms with van der Waals surface area (Å²) in [6, 6.07) is 5.73. The van der Waals surface area contributed by atoms with Gasteiger partial charge in [-0.2, -0.15) is 11.8 Å². The second-order valence-electron chi connectivity index (χ2n) is 5.49. The third-order valence-corrected chi connectivity index (χ3v) is 5.67. The van der Waals surface area contributed by atoms with Gasteiger partial charge in [-0.1, -0.05) is 17.7 Å². The summed E-state index contributed by atoms with van der Waals surface area (Å²) in [5, 5.41) is 0.684. The van der Waals surface area contributed by atoms with Gasteiger partial charge in [-0.15, -0.1) is 0 Å². The van der Waals surface area contributed by atoms with E-state index < -0.39 is 0 Å². The van der Waals surface area contributed by atoms with Gasteiger partial charge < -0.3 is 15.2 Å². The van der Waals surface area contributed by atoms with Crippen LogP contribution >= 0.6 is 23.4 Å². The summed E-state index contributed by atoms with van der Waals surface area (Å²) < 4.78 is 12.2. The van der Waals surface area contributed by atoms with Gasteiger partial charge in [0.25, 0.3) is 0 Å². The van der Waals surface area contributed by atoms with Crippen molar-refractivity contribution in [1.82, 2.24) is 0 Å². The first-order valence-corrected chi connectivity index (χ1v) is 8.61. The smallest absolute Gasteiger partial charge is 0.125 e. The maximum absolute atomic E-state index is 6.19. The maximum Gasteiger partial charge on any atom is 0.125 e. The quantitative estimate of drug-likeness (QED) is 0.930. The third-order valence-electron chi connectivity index (χ3n) is 4.09. The van der Waals surface area contributed by atoms with Crippen molar-refractivity contribution in [3.8, 4) is 5.75 Å². The zero-order valence-electron chi connectivity index (χ0n) is 11.4. The fourth-order valence-electron chi connectivity index (χ4n) is 2.97. The molecule has 5 heteroatoms. The average molecular weight is 314 g/mol. The fraction of sp³-hybridized carbons (Fsp3) is 0.600. The van der Waals surface area contributed by atoms with E-state index in [2.05, 4.69) is 0 Å². The largest absolute Gasteiger partial charge is 0.490 e. The molecule has 3 rings (SSSR count). The Bertz CT molecular complexity index is 477. The first-order valence-electron chi connectivity index (χ1n) is 7.08. The molecule has 2 atom stereocenters. The van der Waals surface area contributed by atoms with E-state index in [4.69, 9.17) is 26.8 Å². The highest BCUT2D eigenvalue weighted by Crippen LogP contribution is 2.39. The summed E-state index contributed by atoms with van der Waals surface area (Å²) in [6.45, 7) is 1.18. The molecule has 2 N–H and O–H groups in total. The molecule has 110 valence electrons. The van der Waals surface area contributed by atoms with Crippen LogP contribution in [0.15, 0.2) is 18.2 Å². The van der Waals surface area contributed by atoms with Gasteiger partial charge in [-0.25, -0.2) is 0 Å². The van der Waals surface area contributed by atoms with Gasteiger partial charge in [0.2, 0.25) is 0 Å². The van der Waals surface area contributed by atoms with Gasteiger partial charge >= 0.3 is 0 Å². The molecule has 2 aliphatic heterocycles. The molecule has 2 fully saturated rings. The van der Waals surface area contributed by atoms with Crippen molar-refractivity contribution < 1.29 is 9.47 Å². The van der Waals surface area contributed by atoms with E-state index in [0.29, 0.717) is 11.6 Å². The Kier molecular flexibility index (Phi) is 4.46. The van der Waals surface area contributed by atoms with Crippen molar-refractivity contribution in [2.45, 2.75) is 37.5 Å². The van der Waals surface area contributed by atoms with E-state index in [9.17, 15) is 0 Å². The van der Waals surface area contributed by atoms with Crippen molar-refractivity contribution in [3.63, 3.8) is 0 Å². The van der Waals surface area contributed by atoms with E-state index in [-0.39, 0.29) is 11.7 Å². The summed E-state index contributed by atoms with van der Waals surface area (Å²) in [6.07, 6.45) is 3.24. The molecule has 0 aliphatic carbocycles. The number of hydrogen-bond acceptors (Lipinski definition) is 4. The van der Waals surface area contributed by atoms with Crippen molar-refractivity contribution in [1.29, 1.82) is 0 Å². The van der Waals surface area contributed by atoms with Crippen LogP contribution in [0.4, 0.5) is 0 Å². The Morgan fingerprint density at radius 3 is 3.15 bits per heavy atom. The molecule has 2 saturated heterocycles. The number of hydrogen-bond donors (Lipinski definition) is 1. The third kappa shape index (κ3) is 2.93. The van der Waals surface area contributed by atoms with Crippen molar-refractivity contribution >= 4 is 23.4 Å². The first-order chi connectivity index (χ1) is 9.72. The summed E-state index contributed by atoms with van der Waals surface area (Å²) in [5.41, 5.74) is 6.72. The second kappa shape index (κ2) is 6.14. The predicted molar refractivity (Wildman–Crippen MR) is 83.6 cm³/mol. The summed E-state index contributed by atoms with van der Waals surface area (Å²) in [5.74, 6) is 3.11. The minimum atomic E-state index is 0.0367. The SMILES string of the molecule is NCc1c(Cl)cccc1OC1CCOC2(CCSC2)C1. The molecule has 0 saturated carbocycles. The molecule has 3 nitrogen and oxygen atoms in total. The molecule has 2 heterocycles. The summed E-state index contributed by atoms with van der Waals surface area (Å²) in [7, 11) is 0. The van der Waals surface area contributed by atoms with Gasteiger partial charge in [0.05, 0.1) is 12.2 Å². The molecular weight excluding hydrogens is 294 g/mol. The Hall–Kier alpha value is -0.420. The minimum Gasteiger partial charge on any atom is -0.490 e. The highest BCUT2D eigenvalue weighted by Gasteiger charge is 2.41. The zero-order valence-corrected chi connectivity index (χ0v) is 13.0. The monoisotopic (exact) mass is 313 g/mol. The first kappa shape index (κ1) is 14.5. The van der Waals surface area contributed by atoms with Gasteiger partial charge in [0.15, 0.2) is 0 Å². The number of nitrogens with two attached hydrogens (primary N) is 1. The topological polar surface area (TPSA) is 44.5 Å². The van der Waals surface area contributed by atoms with E-state index in [1.165, 1.54) is 5.75 Å². The van der Waals surface area contributed by atoms with E-state index in [1.54, 1.807) is 0 Å². The fourth-order valence-corrected chi connectivity index (χ4v) is 4.59. The summed E-state index contributed by atoms with van der Waals surface area (Å²) in [4.78, 5) is 0. The second-order valence-corrected chi connectivity index (χ2v) is 7.00. The lowest BCUT2D eigenvalue weighted by atomic mass is 9.91. The van der Waals surface area contributed by atoms with Crippen LogP contribution in [0, 0.1) is 0 Å². The summed E-state index contributed by atoms with van der Waals surface area (Å²) >= 11 is 8.16. The average Bonchev–Trinajstić information content (AvgIpc) is 2.87. The van der Waals surface area contributed by atoms with Crippen LogP contribution in [0.25, 0.3) is 0 Å². The van der Waals surface area contributed by atoms with Gasteiger partial charge in [0, 0.05) is 35.7 Å². The van der Waals surface area contributed by atoms with Gasteiger partial charge in [-0.3, -0.25) is 0 Å². The molecular formula is C15H20ClNO2S. The highest BCUT2D eigenvalue weighted by molar-refractivity contribution is 7.99. The van der Waals surface area contributed by atoms with Crippen molar-refractivity contribution in [2.75, 3.05) is 18.1 Å². The lowest BCUT2D eigenvalue weighted by molar-refractivity contribution is -0.0960. The number of rotatable bonds is 3. The van der Waals surface area contributed by atoms with E-state index in [0.717, 1.165) is 42.9 Å². The standard InChI is InChI=1S/C15H20ClNO2S/c16-13-2-1-3-14(12(13)9-17)19-11-4-6-18-15(8-11)5-7-20-10-15/h1-3,11H,4-10,17H2. The zero-order chi connectivity index (χ0) is 14.0. The van der Waals surface area contributed by atoms with Crippen LogP contribution in [-0.2, 0) is 11.3 Å². The molecule has 20 heavy (non-hydrogen) atoms. The normalized spacial score (nSPS) is 29.8. The van der Waals surface area contributed by atoms with Crippen LogP contribution in [0.5, 0.6) is 5.75 Å². The Morgan fingerprint density at radius 1 is 1.50 bits per heavy atom. The lowest BCUT2D eigenvalue weighted by Gasteiger charge is -2.37. The van der Waals surface area contributed by atoms with Crippen LogP contribution in [0.2, 0.25) is 5.02 Å². The highest BCUT2D eigenvalue weighted by atomic mass is 35.5. The molecule has 0 bridgehead atoms. The number of halogens is 1. The molecule has 1 aromatic rings. The Morgan fingerprint density at radius 2 is 2.40 bits per heavy atom. The number of ether oxygens (including phenoxy) is 2. The molecule has 0 aromatic heterocycles. The van der Waals surface area contributed by atoms with Crippen LogP contribution < -0.4 is 10.5 Å². The Balaban J connectivity index is 1.73. The lowest BCUT2D eigenvalue weighted by Crippen LogP contribution is -2.43. The van der Waals surface area contributed by atoms with Crippen LogP contribution in [-0.4, -0.2) is 29.8 Å². The van der Waals surface area contributed by atoms with Gasteiger partial charge in [0.1, 0.15) is 11.9 Å². The molecule has 0 radical (unpaired) electrons. The molecule has 1 aromatic carbocycles. The molecule has 0 amide bonds. The minimum absolute atomic E-state index is 0.0367. The van der Waals surface area contributed by atoms with Crippen LogP contribution in [0.3, 0.4) is 0 Å². The maximum atomic E-state index is 6.19. The van der Waals surface area contributed by atoms with E-state index >= 15 is 0 Å². The van der Waals surface area contributed by atoms with Gasteiger partial charge in [-0.05, 0) is 24.3 Å². The van der Waals surface area contributed by atoms with Crippen molar-refractivity contribution in [2.24, 2.45) is 5.73 Å². The van der Waals surface area contributed by atoms with E-state index in [1.807, 2.05) is 30.0 Å². The predicted octanol–water partition coefficient (Wildman–Crippen LogP) is 3.23. The molecule has 1 spiro atoms. The van der Waals surface area contributed by atoms with Crippen molar-refractivity contribution in [3.05, 3.63) is 28.8 Å².